The molecule has 0 unspecified atom stereocenters. The van der Waals surface area contributed by atoms with Crippen LogP contribution in [0.15, 0.2) is 12.1 Å². The quantitative estimate of drug-likeness (QED) is 0.862. The van der Waals surface area contributed by atoms with E-state index in [1.165, 1.54) is 0 Å². The SMILES string of the molecule is Cc1cc(C)nc(NC(=O)COC2CCNCC2)c1. The van der Waals surface area contributed by atoms with Crippen molar-refractivity contribution in [1.82, 2.24) is 10.3 Å². The number of hydrogen-bond acceptors (Lipinski definition) is 4. The summed E-state index contributed by atoms with van der Waals surface area (Å²) in [6.45, 7) is 5.92. The molecule has 5 heteroatoms. The minimum absolute atomic E-state index is 0.0966. The zero-order valence-electron chi connectivity index (χ0n) is 11.5. The van der Waals surface area contributed by atoms with E-state index in [0.717, 1.165) is 37.2 Å². The number of carbonyl (C=O) groups excluding carboxylic acids is 1. The first-order valence-corrected chi connectivity index (χ1v) is 6.71. The molecule has 0 radical (unpaired) electrons. The Hall–Kier alpha value is -1.46. The number of anilines is 1. The molecule has 1 aromatic heterocycles. The van der Waals surface area contributed by atoms with Crippen LogP contribution in [0.4, 0.5) is 5.82 Å². The summed E-state index contributed by atoms with van der Waals surface area (Å²) >= 11 is 0. The molecular weight excluding hydrogens is 242 g/mol. The van der Waals surface area contributed by atoms with Crippen LogP contribution in [0.25, 0.3) is 0 Å². The minimum atomic E-state index is -0.143. The molecular formula is C14H21N3O2. The Morgan fingerprint density at radius 2 is 2.16 bits per heavy atom. The van der Waals surface area contributed by atoms with E-state index in [1.54, 1.807) is 0 Å². The van der Waals surface area contributed by atoms with Crippen LogP contribution in [0.5, 0.6) is 0 Å². The standard InChI is InChI=1S/C14H21N3O2/c1-10-7-11(2)16-13(8-10)17-14(18)9-19-12-3-5-15-6-4-12/h7-8,12,15H,3-6,9H2,1-2H3,(H,16,17,18). The van der Waals surface area contributed by atoms with E-state index in [4.69, 9.17) is 4.74 Å². The van der Waals surface area contributed by atoms with Gasteiger partial charge in [0.1, 0.15) is 12.4 Å². The van der Waals surface area contributed by atoms with Gasteiger partial charge in [0.15, 0.2) is 0 Å². The third kappa shape index (κ3) is 4.61. The lowest BCUT2D eigenvalue weighted by Gasteiger charge is -2.22. The summed E-state index contributed by atoms with van der Waals surface area (Å²) in [7, 11) is 0. The lowest BCUT2D eigenvalue weighted by Crippen LogP contribution is -2.34. The van der Waals surface area contributed by atoms with Crippen molar-refractivity contribution in [2.75, 3.05) is 25.0 Å². The number of hydrogen-bond donors (Lipinski definition) is 2. The highest BCUT2D eigenvalue weighted by Gasteiger charge is 2.15. The molecule has 1 saturated heterocycles. The molecule has 0 atom stereocenters. The largest absolute Gasteiger partial charge is 0.368 e. The summed E-state index contributed by atoms with van der Waals surface area (Å²) < 4.78 is 5.60. The second kappa shape index (κ2) is 6.63. The monoisotopic (exact) mass is 263 g/mol. The van der Waals surface area contributed by atoms with Gasteiger partial charge in [0.05, 0.1) is 6.10 Å². The van der Waals surface area contributed by atoms with E-state index >= 15 is 0 Å². The second-order valence-corrected chi connectivity index (χ2v) is 4.98. The van der Waals surface area contributed by atoms with E-state index < -0.39 is 0 Å². The lowest BCUT2D eigenvalue weighted by atomic mass is 10.1. The molecule has 2 heterocycles. The van der Waals surface area contributed by atoms with Gasteiger partial charge in [-0.15, -0.1) is 0 Å². The van der Waals surface area contributed by atoms with Crippen molar-refractivity contribution in [3.63, 3.8) is 0 Å². The van der Waals surface area contributed by atoms with Crippen molar-refractivity contribution in [1.29, 1.82) is 0 Å². The predicted molar refractivity (Wildman–Crippen MR) is 74.2 cm³/mol. The van der Waals surface area contributed by atoms with Crippen LogP contribution in [0.3, 0.4) is 0 Å². The first-order valence-electron chi connectivity index (χ1n) is 6.71. The number of amides is 1. The van der Waals surface area contributed by atoms with Crippen LogP contribution in [0.1, 0.15) is 24.1 Å². The summed E-state index contributed by atoms with van der Waals surface area (Å²) in [5.41, 5.74) is 1.98. The normalized spacial score (nSPS) is 16.3. The Kier molecular flexibility index (Phi) is 4.87. The average molecular weight is 263 g/mol. The van der Waals surface area contributed by atoms with Crippen molar-refractivity contribution >= 4 is 11.7 Å². The maximum Gasteiger partial charge on any atom is 0.251 e. The molecule has 0 spiro atoms. The molecule has 1 aliphatic heterocycles. The van der Waals surface area contributed by atoms with E-state index in [9.17, 15) is 4.79 Å². The van der Waals surface area contributed by atoms with Gasteiger partial charge in [-0.3, -0.25) is 4.79 Å². The fourth-order valence-electron chi connectivity index (χ4n) is 2.24. The molecule has 2 N–H and O–H groups in total. The summed E-state index contributed by atoms with van der Waals surface area (Å²) in [4.78, 5) is 16.1. The predicted octanol–water partition coefficient (Wildman–Crippen LogP) is 1.41. The summed E-state index contributed by atoms with van der Waals surface area (Å²) in [5, 5.41) is 6.04. The number of aromatic nitrogens is 1. The van der Waals surface area contributed by atoms with Crippen molar-refractivity contribution in [3.05, 3.63) is 23.4 Å². The van der Waals surface area contributed by atoms with Gasteiger partial charge in [0.25, 0.3) is 5.91 Å². The molecule has 2 rings (SSSR count). The smallest absolute Gasteiger partial charge is 0.251 e. The molecule has 1 amide bonds. The van der Waals surface area contributed by atoms with Crippen molar-refractivity contribution < 1.29 is 9.53 Å². The van der Waals surface area contributed by atoms with Crippen LogP contribution in [0, 0.1) is 13.8 Å². The van der Waals surface area contributed by atoms with Gasteiger partial charge in [-0.2, -0.15) is 0 Å². The minimum Gasteiger partial charge on any atom is -0.368 e. The first kappa shape index (κ1) is 14.0. The van der Waals surface area contributed by atoms with Crippen molar-refractivity contribution in [2.24, 2.45) is 0 Å². The number of nitrogens with one attached hydrogen (secondary N) is 2. The molecule has 5 nitrogen and oxygen atoms in total. The lowest BCUT2D eigenvalue weighted by molar-refractivity contribution is -0.123. The number of ether oxygens (including phenoxy) is 1. The third-order valence-corrected chi connectivity index (χ3v) is 3.10. The maximum atomic E-state index is 11.8. The number of piperidine rings is 1. The molecule has 19 heavy (non-hydrogen) atoms. The van der Waals surface area contributed by atoms with Crippen LogP contribution < -0.4 is 10.6 Å². The van der Waals surface area contributed by atoms with Crippen LogP contribution in [-0.4, -0.2) is 36.7 Å². The van der Waals surface area contributed by atoms with Crippen LogP contribution in [0.2, 0.25) is 0 Å². The Morgan fingerprint density at radius 1 is 1.42 bits per heavy atom. The molecule has 0 saturated carbocycles. The van der Waals surface area contributed by atoms with Crippen LogP contribution >= 0.6 is 0 Å². The zero-order chi connectivity index (χ0) is 13.7. The summed E-state index contributed by atoms with van der Waals surface area (Å²) in [6, 6.07) is 3.83. The summed E-state index contributed by atoms with van der Waals surface area (Å²) in [6.07, 6.45) is 2.13. The fraction of sp³-hybridized carbons (Fsp3) is 0.571. The molecule has 0 aliphatic carbocycles. The van der Waals surface area contributed by atoms with Crippen molar-refractivity contribution in [2.45, 2.75) is 32.8 Å². The Labute approximate surface area is 113 Å². The Bertz CT molecular complexity index is 422. The fourth-order valence-corrected chi connectivity index (χ4v) is 2.24. The molecule has 0 aromatic carbocycles. The number of rotatable bonds is 4. The van der Waals surface area contributed by atoms with E-state index in [-0.39, 0.29) is 18.6 Å². The second-order valence-electron chi connectivity index (χ2n) is 4.98. The highest BCUT2D eigenvalue weighted by Crippen LogP contribution is 2.10. The molecule has 0 bridgehead atoms. The van der Waals surface area contributed by atoms with Gasteiger partial charge in [0, 0.05) is 5.69 Å². The van der Waals surface area contributed by atoms with E-state index in [1.807, 2.05) is 26.0 Å². The summed E-state index contributed by atoms with van der Waals surface area (Å²) in [5.74, 6) is 0.451. The van der Waals surface area contributed by atoms with Gasteiger partial charge in [-0.1, -0.05) is 0 Å². The zero-order valence-corrected chi connectivity index (χ0v) is 11.5. The van der Waals surface area contributed by atoms with Gasteiger partial charge in [-0.05, 0) is 57.5 Å². The highest BCUT2D eigenvalue weighted by molar-refractivity contribution is 5.90. The molecule has 104 valence electrons. The van der Waals surface area contributed by atoms with Gasteiger partial charge in [-0.25, -0.2) is 4.98 Å². The van der Waals surface area contributed by atoms with E-state index in [2.05, 4.69) is 15.6 Å². The van der Waals surface area contributed by atoms with Gasteiger partial charge >= 0.3 is 0 Å². The molecule has 1 aromatic rings. The van der Waals surface area contributed by atoms with Gasteiger partial charge in [0.2, 0.25) is 0 Å². The number of carbonyl (C=O) groups is 1. The van der Waals surface area contributed by atoms with Crippen LogP contribution in [-0.2, 0) is 9.53 Å². The molecule has 1 aliphatic rings. The highest BCUT2D eigenvalue weighted by atomic mass is 16.5. The first-order chi connectivity index (χ1) is 9.13. The number of nitrogens with zero attached hydrogens (tertiary/aromatic N) is 1. The van der Waals surface area contributed by atoms with E-state index in [0.29, 0.717) is 5.82 Å². The van der Waals surface area contributed by atoms with Crippen molar-refractivity contribution in [3.8, 4) is 0 Å². The average Bonchev–Trinajstić information content (AvgIpc) is 2.36. The van der Waals surface area contributed by atoms with Gasteiger partial charge < -0.3 is 15.4 Å². The number of aryl methyl sites for hydroxylation is 2. The Morgan fingerprint density at radius 3 is 2.84 bits per heavy atom. The molecule has 1 fully saturated rings. The topological polar surface area (TPSA) is 63.2 Å². The third-order valence-electron chi connectivity index (χ3n) is 3.10. The Balaban J connectivity index is 1.80. The number of pyridine rings is 1. The maximum absolute atomic E-state index is 11.8.